The molecule has 0 aliphatic carbocycles. The summed E-state index contributed by atoms with van der Waals surface area (Å²) in [7, 11) is 0. The number of benzene rings is 1. The van der Waals surface area contributed by atoms with Gasteiger partial charge in [-0.1, -0.05) is 30.3 Å². The first-order valence-electron chi connectivity index (χ1n) is 6.84. The molecular weight excluding hydrogens is 266 g/mol. The molecule has 0 radical (unpaired) electrons. The molecule has 0 saturated heterocycles. The van der Waals surface area contributed by atoms with Gasteiger partial charge >= 0.3 is 5.97 Å². The Bertz CT molecular complexity index is 629. The lowest BCUT2D eigenvalue weighted by Gasteiger charge is -2.35. The summed E-state index contributed by atoms with van der Waals surface area (Å²) in [6.45, 7) is 7.05. The molecule has 0 N–H and O–H groups in total. The van der Waals surface area contributed by atoms with Gasteiger partial charge in [0.25, 0.3) is 0 Å². The van der Waals surface area contributed by atoms with E-state index in [9.17, 15) is 9.59 Å². The molecule has 21 heavy (non-hydrogen) atoms. The van der Waals surface area contributed by atoms with Crippen LogP contribution in [0.4, 0.5) is 0 Å². The van der Waals surface area contributed by atoms with E-state index in [-0.39, 0.29) is 5.78 Å². The lowest BCUT2D eigenvalue weighted by molar-refractivity contribution is -0.157. The van der Waals surface area contributed by atoms with Gasteiger partial charge in [0.2, 0.25) is 0 Å². The standard InChI is InChI=1S/C17H19NO3/c1-12-16(2,3)21-15(20)17(4,18-12)11-10-14(19)13-8-6-5-7-9-13/h5-11H,1-4H3/b11-10+. The lowest BCUT2D eigenvalue weighted by Crippen LogP contribution is -2.49. The predicted octanol–water partition coefficient (Wildman–Crippen LogP) is 2.98. The van der Waals surface area contributed by atoms with Crippen molar-refractivity contribution in [2.24, 2.45) is 4.99 Å². The van der Waals surface area contributed by atoms with E-state index < -0.39 is 17.1 Å². The van der Waals surface area contributed by atoms with E-state index in [1.807, 2.05) is 13.0 Å². The molecule has 1 aromatic rings. The third-order valence-corrected chi connectivity index (χ3v) is 3.65. The van der Waals surface area contributed by atoms with Crippen LogP contribution in [0.5, 0.6) is 0 Å². The first-order valence-corrected chi connectivity index (χ1v) is 6.84. The Morgan fingerprint density at radius 2 is 1.81 bits per heavy atom. The monoisotopic (exact) mass is 285 g/mol. The Labute approximate surface area is 124 Å². The fourth-order valence-corrected chi connectivity index (χ4v) is 1.98. The zero-order chi connectivity index (χ0) is 15.7. The highest BCUT2D eigenvalue weighted by Crippen LogP contribution is 2.28. The first-order chi connectivity index (χ1) is 9.74. The highest BCUT2D eigenvalue weighted by molar-refractivity contribution is 6.06. The third kappa shape index (κ3) is 3.10. The van der Waals surface area contributed by atoms with Crippen LogP contribution < -0.4 is 0 Å². The van der Waals surface area contributed by atoms with E-state index in [1.54, 1.807) is 45.0 Å². The number of ketones is 1. The van der Waals surface area contributed by atoms with Crippen molar-refractivity contribution in [3.8, 4) is 0 Å². The molecule has 4 heteroatoms. The van der Waals surface area contributed by atoms with Gasteiger partial charge < -0.3 is 4.74 Å². The summed E-state index contributed by atoms with van der Waals surface area (Å²) in [5.41, 5.74) is -0.554. The SMILES string of the molecule is CC1=NC(C)(/C=C/C(=O)c2ccccc2)C(=O)OC1(C)C. The van der Waals surface area contributed by atoms with E-state index in [4.69, 9.17) is 4.74 Å². The number of ether oxygens (including phenoxy) is 1. The van der Waals surface area contributed by atoms with Gasteiger partial charge in [-0.2, -0.15) is 0 Å². The minimum atomic E-state index is -1.15. The average Bonchev–Trinajstić information content (AvgIpc) is 2.44. The summed E-state index contributed by atoms with van der Waals surface area (Å²) in [4.78, 5) is 28.6. The maximum atomic E-state index is 12.1. The normalized spacial score (nSPS) is 24.6. The Morgan fingerprint density at radius 3 is 2.43 bits per heavy atom. The Kier molecular flexibility index (Phi) is 3.81. The largest absolute Gasteiger partial charge is 0.451 e. The fourth-order valence-electron chi connectivity index (χ4n) is 1.98. The van der Waals surface area contributed by atoms with Crippen LogP contribution in [0.2, 0.25) is 0 Å². The zero-order valence-corrected chi connectivity index (χ0v) is 12.7. The molecule has 1 unspecified atom stereocenters. The van der Waals surface area contributed by atoms with E-state index in [0.717, 1.165) is 5.71 Å². The highest BCUT2D eigenvalue weighted by atomic mass is 16.6. The van der Waals surface area contributed by atoms with Crippen LogP contribution in [0.15, 0.2) is 47.5 Å². The van der Waals surface area contributed by atoms with Crippen molar-refractivity contribution in [1.82, 2.24) is 0 Å². The molecule has 0 spiro atoms. The second-order valence-corrected chi connectivity index (χ2v) is 5.81. The predicted molar refractivity (Wildman–Crippen MR) is 81.6 cm³/mol. The van der Waals surface area contributed by atoms with Crippen molar-refractivity contribution in [2.75, 3.05) is 0 Å². The molecule has 0 fully saturated rings. The second-order valence-electron chi connectivity index (χ2n) is 5.81. The van der Waals surface area contributed by atoms with Gasteiger partial charge in [-0.15, -0.1) is 0 Å². The van der Waals surface area contributed by atoms with Gasteiger partial charge in [-0.25, -0.2) is 4.79 Å². The Morgan fingerprint density at radius 1 is 1.19 bits per heavy atom. The van der Waals surface area contributed by atoms with E-state index in [1.165, 1.54) is 12.2 Å². The van der Waals surface area contributed by atoms with Gasteiger partial charge in [0, 0.05) is 5.56 Å². The Hall–Kier alpha value is -2.23. The van der Waals surface area contributed by atoms with Crippen molar-refractivity contribution in [3.05, 3.63) is 48.0 Å². The molecule has 1 aromatic carbocycles. The van der Waals surface area contributed by atoms with Crippen molar-refractivity contribution >= 4 is 17.5 Å². The molecule has 110 valence electrons. The second kappa shape index (κ2) is 5.28. The average molecular weight is 285 g/mol. The summed E-state index contributed by atoms with van der Waals surface area (Å²) in [5.74, 6) is -0.613. The molecule has 1 aliphatic heterocycles. The lowest BCUT2D eigenvalue weighted by atomic mass is 9.94. The van der Waals surface area contributed by atoms with E-state index in [0.29, 0.717) is 5.56 Å². The van der Waals surface area contributed by atoms with Crippen LogP contribution >= 0.6 is 0 Å². The van der Waals surface area contributed by atoms with Crippen molar-refractivity contribution in [2.45, 2.75) is 38.8 Å². The summed E-state index contributed by atoms with van der Waals surface area (Å²) in [5, 5.41) is 0. The molecule has 1 atom stereocenters. The van der Waals surface area contributed by atoms with Crippen LogP contribution in [0.3, 0.4) is 0 Å². The molecule has 0 aromatic heterocycles. The number of carbonyl (C=O) groups excluding carboxylic acids is 2. The van der Waals surface area contributed by atoms with Crippen molar-refractivity contribution in [1.29, 1.82) is 0 Å². The zero-order valence-electron chi connectivity index (χ0n) is 12.7. The summed E-state index contributed by atoms with van der Waals surface area (Å²) < 4.78 is 5.41. The third-order valence-electron chi connectivity index (χ3n) is 3.65. The number of esters is 1. The van der Waals surface area contributed by atoms with Crippen LogP contribution in [0.1, 0.15) is 38.1 Å². The molecule has 0 amide bonds. The van der Waals surface area contributed by atoms with E-state index >= 15 is 0 Å². The number of nitrogens with zero attached hydrogens (tertiary/aromatic N) is 1. The van der Waals surface area contributed by atoms with Gasteiger partial charge in [0.15, 0.2) is 11.3 Å². The molecule has 0 bridgehead atoms. The first kappa shape index (κ1) is 15.2. The molecule has 1 aliphatic rings. The fraction of sp³-hybridized carbons (Fsp3) is 0.353. The minimum Gasteiger partial charge on any atom is -0.451 e. The number of hydrogen-bond donors (Lipinski definition) is 0. The van der Waals surface area contributed by atoms with E-state index in [2.05, 4.69) is 4.99 Å². The number of rotatable bonds is 3. The van der Waals surface area contributed by atoms with Crippen molar-refractivity contribution < 1.29 is 14.3 Å². The Balaban J connectivity index is 2.26. The number of allylic oxidation sites excluding steroid dienone is 1. The van der Waals surface area contributed by atoms with Crippen molar-refractivity contribution in [3.63, 3.8) is 0 Å². The topological polar surface area (TPSA) is 55.7 Å². The van der Waals surface area contributed by atoms with Gasteiger partial charge in [0.1, 0.15) is 5.60 Å². The highest BCUT2D eigenvalue weighted by Gasteiger charge is 2.42. The number of hydrogen-bond acceptors (Lipinski definition) is 4. The molecule has 2 rings (SSSR count). The van der Waals surface area contributed by atoms with Crippen LogP contribution in [0, 0.1) is 0 Å². The van der Waals surface area contributed by atoms with Gasteiger partial charge in [-0.3, -0.25) is 9.79 Å². The summed E-state index contributed by atoms with van der Waals surface area (Å²) in [6, 6.07) is 8.89. The smallest absolute Gasteiger partial charge is 0.338 e. The molecule has 0 saturated carbocycles. The van der Waals surface area contributed by atoms with Crippen LogP contribution in [-0.2, 0) is 9.53 Å². The van der Waals surface area contributed by atoms with Crippen LogP contribution in [-0.4, -0.2) is 28.6 Å². The number of cyclic esters (lactones) is 1. The van der Waals surface area contributed by atoms with Crippen LogP contribution in [0.25, 0.3) is 0 Å². The molecule has 1 heterocycles. The molecular formula is C17H19NO3. The van der Waals surface area contributed by atoms with Gasteiger partial charge in [0.05, 0.1) is 5.71 Å². The number of aliphatic imine (C=N–C) groups is 1. The number of carbonyl (C=O) groups is 2. The summed E-state index contributed by atoms with van der Waals surface area (Å²) in [6.07, 6.45) is 2.88. The molecule has 4 nitrogen and oxygen atoms in total. The quantitative estimate of drug-likeness (QED) is 0.487. The maximum Gasteiger partial charge on any atom is 0.338 e. The summed E-state index contributed by atoms with van der Waals surface area (Å²) >= 11 is 0. The minimum absolute atomic E-state index is 0.165. The maximum absolute atomic E-state index is 12.1. The van der Waals surface area contributed by atoms with Gasteiger partial charge in [-0.05, 0) is 39.8 Å².